The van der Waals surface area contributed by atoms with Crippen molar-refractivity contribution < 1.29 is 0 Å². The number of hydrogen-bond acceptors (Lipinski definition) is 1. The van der Waals surface area contributed by atoms with Gasteiger partial charge in [-0.1, -0.05) is 73.4 Å². The first-order chi connectivity index (χ1) is 10.2. The number of hydrogen-bond donors (Lipinski definition) is 1. The van der Waals surface area contributed by atoms with Crippen LogP contribution in [0.15, 0.2) is 48.5 Å². The monoisotopic (exact) mass is 279 g/mol. The molecule has 1 aliphatic carbocycles. The van der Waals surface area contributed by atoms with Crippen molar-refractivity contribution in [3.8, 4) is 0 Å². The van der Waals surface area contributed by atoms with Crippen LogP contribution >= 0.6 is 0 Å². The first kappa shape index (κ1) is 14.3. The maximum absolute atomic E-state index is 6.39. The van der Waals surface area contributed by atoms with Crippen molar-refractivity contribution in [3.63, 3.8) is 0 Å². The molecule has 2 N–H and O–H groups in total. The zero-order valence-corrected chi connectivity index (χ0v) is 12.9. The van der Waals surface area contributed by atoms with Crippen LogP contribution in [0, 0.1) is 6.92 Å². The van der Waals surface area contributed by atoms with E-state index in [0.29, 0.717) is 0 Å². The van der Waals surface area contributed by atoms with E-state index in [0.717, 1.165) is 5.92 Å². The molecule has 0 aromatic heterocycles. The van der Waals surface area contributed by atoms with Crippen LogP contribution in [0.5, 0.6) is 0 Å². The average Bonchev–Trinajstić information content (AvgIpc) is 2.56. The molecule has 1 nitrogen and oxygen atoms in total. The fraction of sp³-hybridized carbons (Fsp3) is 0.400. The molecule has 0 spiro atoms. The van der Waals surface area contributed by atoms with Crippen molar-refractivity contribution in [2.75, 3.05) is 0 Å². The third-order valence-electron chi connectivity index (χ3n) is 4.81. The summed E-state index contributed by atoms with van der Waals surface area (Å²) in [5.41, 5.74) is 11.6. The number of aryl methyl sites for hydroxylation is 1. The topological polar surface area (TPSA) is 26.0 Å². The van der Waals surface area contributed by atoms with Gasteiger partial charge in [-0.15, -0.1) is 0 Å². The molecule has 1 aliphatic rings. The molecule has 0 saturated heterocycles. The highest BCUT2D eigenvalue weighted by Gasteiger charge is 2.16. The van der Waals surface area contributed by atoms with Gasteiger partial charge in [-0.25, -0.2) is 0 Å². The summed E-state index contributed by atoms with van der Waals surface area (Å²) in [6.07, 6.45) is 6.88. The molecule has 0 aliphatic heterocycles. The fourth-order valence-electron chi connectivity index (χ4n) is 3.38. The van der Waals surface area contributed by atoms with Crippen LogP contribution in [0.2, 0.25) is 0 Å². The quantitative estimate of drug-likeness (QED) is 0.832. The number of nitrogens with two attached hydrogens (primary N) is 1. The lowest BCUT2D eigenvalue weighted by Gasteiger charge is -2.22. The Kier molecular flexibility index (Phi) is 4.40. The van der Waals surface area contributed by atoms with Crippen LogP contribution in [0.3, 0.4) is 0 Å². The Morgan fingerprint density at radius 2 is 1.33 bits per heavy atom. The van der Waals surface area contributed by atoms with E-state index in [1.807, 2.05) is 0 Å². The predicted octanol–water partition coefficient (Wildman–Crippen LogP) is 5.09. The van der Waals surface area contributed by atoms with Gasteiger partial charge >= 0.3 is 0 Å². The lowest BCUT2D eigenvalue weighted by atomic mass is 9.83. The van der Waals surface area contributed by atoms with Crippen molar-refractivity contribution in [1.29, 1.82) is 0 Å². The molecular formula is C20H25N. The van der Waals surface area contributed by atoms with Crippen LogP contribution in [0.1, 0.15) is 66.3 Å². The van der Waals surface area contributed by atoms with Crippen molar-refractivity contribution in [1.82, 2.24) is 0 Å². The van der Waals surface area contributed by atoms with Gasteiger partial charge in [0.15, 0.2) is 0 Å². The molecule has 2 aromatic rings. The summed E-state index contributed by atoms with van der Waals surface area (Å²) < 4.78 is 0. The van der Waals surface area contributed by atoms with Gasteiger partial charge in [-0.2, -0.15) is 0 Å². The second-order valence-electron chi connectivity index (χ2n) is 6.39. The summed E-state index contributed by atoms with van der Waals surface area (Å²) in [6.45, 7) is 2.11. The zero-order chi connectivity index (χ0) is 14.7. The summed E-state index contributed by atoms with van der Waals surface area (Å²) in [6, 6.07) is 17.5. The molecule has 1 unspecified atom stereocenters. The SMILES string of the molecule is Cc1ccc(C(N)c2ccc(C3CCCCC3)cc2)cc1. The van der Waals surface area contributed by atoms with Crippen molar-refractivity contribution >= 4 is 0 Å². The molecule has 110 valence electrons. The maximum Gasteiger partial charge on any atom is 0.0551 e. The van der Waals surface area contributed by atoms with Crippen molar-refractivity contribution in [2.24, 2.45) is 5.73 Å². The standard InChI is InChI=1S/C20H25N/c1-15-7-9-18(10-8-15)20(21)19-13-11-17(12-14-19)16-5-3-2-4-6-16/h7-14,16,20H,2-6,21H2,1H3. The highest BCUT2D eigenvalue weighted by Crippen LogP contribution is 2.33. The number of benzene rings is 2. The Balaban J connectivity index is 1.75. The van der Waals surface area contributed by atoms with E-state index < -0.39 is 0 Å². The maximum atomic E-state index is 6.39. The summed E-state index contributed by atoms with van der Waals surface area (Å²) >= 11 is 0. The molecular weight excluding hydrogens is 254 g/mol. The first-order valence-electron chi connectivity index (χ1n) is 8.16. The molecule has 21 heavy (non-hydrogen) atoms. The van der Waals surface area contributed by atoms with Gasteiger partial charge in [0, 0.05) is 0 Å². The third-order valence-corrected chi connectivity index (χ3v) is 4.81. The van der Waals surface area contributed by atoms with Crippen molar-refractivity contribution in [3.05, 3.63) is 70.8 Å². The van der Waals surface area contributed by atoms with Crippen LogP contribution in [0.25, 0.3) is 0 Å². The largest absolute Gasteiger partial charge is 0.320 e. The van der Waals surface area contributed by atoms with E-state index in [4.69, 9.17) is 5.73 Å². The summed E-state index contributed by atoms with van der Waals surface area (Å²) in [5, 5.41) is 0. The average molecular weight is 279 g/mol. The minimum Gasteiger partial charge on any atom is -0.320 e. The van der Waals surface area contributed by atoms with Crippen LogP contribution in [0.4, 0.5) is 0 Å². The molecule has 1 fully saturated rings. The van der Waals surface area contributed by atoms with Gasteiger partial charge in [0.2, 0.25) is 0 Å². The minimum absolute atomic E-state index is 0.0222. The zero-order valence-electron chi connectivity index (χ0n) is 12.9. The van der Waals surface area contributed by atoms with E-state index in [-0.39, 0.29) is 6.04 Å². The van der Waals surface area contributed by atoms with Crippen LogP contribution in [-0.4, -0.2) is 0 Å². The lowest BCUT2D eigenvalue weighted by molar-refractivity contribution is 0.443. The van der Waals surface area contributed by atoms with E-state index in [2.05, 4.69) is 55.5 Å². The molecule has 1 saturated carbocycles. The van der Waals surface area contributed by atoms with Gasteiger partial charge in [0.05, 0.1) is 6.04 Å². The Morgan fingerprint density at radius 1 is 0.810 bits per heavy atom. The smallest absolute Gasteiger partial charge is 0.0551 e. The van der Waals surface area contributed by atoms with Gasteiger partial charge in [0.25, 0.3) is 0 Å². The highest BCUT2D eigenvalue weighted by molar-refractivity contribution is 5.35. The van der Waals surface area contributed by atoms with E-state index in [1.54, 1.807) is 0 Å². The van der Waals surface area contributed by atoms with Crippen molar-refractivity contribution in [2.45, 2.75) is 51.0 Å². The van der Waals surface area contributed by atoms with Crippen LogP contribution < -0.4 is 5.73 Å². The second-order valence-corrected chi connectivity index (χ2v) is 6.39. The second kappa shape index (κ2) is 6.44. The normalized spacial score (nSPS) is 17.6. The Morgan fingerprint density at radius 3 is 1.90 bits per heavy atom. The Hall–Kier alpha value is -1.60. The molecule has 0 radical (unpaired) electrons. The molecule has 0 bridgehead atoms. The van der Waals surface area contributed by atoms with Gasteiger partial charge in [-0.05, 0) is 42.4 Å². The van der Waals surface area contributed by atoms with Crippen LogP contribution in [-0.2, 0) is 0 Å². The molecule has 2 aromatic carbocycles. The van der Waals surface area contributed by atoms with E-state index in [1.165, 1.54) is 54.4 Å². The fourth-order valence-corrected chi connectivity index (χ4v) is 3.38. The third kappa shape index (κ3) is 3.36. The predicted molar refractivity (Wildman–Crippen MR) is 89.5 cm³/mol. The summed E-state index contributed by atoms with van der Waals surface area (Å²) in [7, 11) is 0. The minimum atomic E-state index is -0.0222. The van der Waals surface area contributed by atoms with Gasteiger partial charge < -0.3 is 5.73 Å². The Bertz CT molecular complexity index is 562. The molecule has 0 heterocycles. The van der Waals surface area contributed by atoms with E-state index >= 15 is 0 Å². The van der Waals surface area contributed by atoms with E-state index in [9.17, 15) is 0 Å². The molecule has 1 heteroatoms. The molecule has 3 rings (SSSR count). The first-order valence-corrected chi connectivity index (χ1v) is 8.16. The summed E-state index contributed by atoms with van der Waals surface area (Å²) in [4.78, 5) is 0. The lowest BCUT2D eigenvalue weighted by Crippen LogP contribution is -2.12. The molecule has 1 atom stereocenters. The van der Waals surface area contributed by atoms with Gasteiger partial charge in [-0.3, -0.25) is 0 Å². The Labute approximate surface area is 128 Å². The summed E-state index contributed by atoms with van der Waals surface area (Å²) in [5.74, 6) is 0.767. The number of rotatable bonds is 3. The highest BCUT2D eigenvalue weighted by atomic mass is 14.6. The van der Waals surface area contributed by atoms with Gasteiger partial charge in [0.1, 0.15) is 0 Å². The molecule has 0 amide bonds.